The van der Waals surface area contributed by atoms with E-state index < -0.39 is 23.5 Å². The molecule has 3 rings (SSSR count). The molecule has 5 heteroatoms. The van der Waals surface area contributed by atoms with Gasteiger partial charge in [-0.3, -0.25) is 9.59 Å². The maximum atomic E-state index is 14.5. The summed E-state index contributed by atoms with van der Waals surface area (Å²) in [4.78, 5) is 26.6. The summed E-state index contributed by atoms with van der Waals surface area (Å²) >= 11 is 0. The molecule has 1 aliphatic heterocycles. The second kappa shape index (κ2) is 7.52. The van der Waals surface area contributed by atoms with Gasteiger partial charge in [-0.15, -0.1) is 0 Å². The lowest BCUT2D eigenvalue weighted by molar-refractivity contribution is -0.139. The molecule has 0 bridgehead atoms. The van der Waals surface area contributed by atoms with Crippen molar-refractivity contribution in [2.24, 2.45) is 0 Å². The first-order chi connectivity index (χ1) is 12.6. The van der Waals surface area contributed by atoms with Crippen LogP contribution < -0.4 is 0 Å². The molecule has 2 aromatic carbocycles. The average Bonchev–Trinajstić information content (AvgIpc) is 2.91. The molecule has 4 nitrogen and oxygen atoms in total. The number of nitrogens with zero attached hydrogens (tertiary/aromatic N) is 1. The average molecular weight is 353 g/mol. The van der Waals surface area contributed by atoms with Crippen molar-refractivity contribution in [3.63, 3.8) is 0 Å². The van der Waals surface area contributed by atoms with Crippen molar-refractivity contribution in [2.45, 2.75) is 25.8 Å². The van der Waals surface area contributed by atoms with Crippen molar-refractivity contribution >= 4 is 17.4 Å². The van der Waals surface area contributed by atoms with E-state index in [-0.39, 0.29) is 16.9 Å². The van der Waals surface area contributed by atoms with Gasteiger partial charge in [-0.25, -0.2) is 4.39 Å². The normalized spacial score (nSPS) is 19.2. The van der Waals surface area contributed by atoms with Crippen molar-refractivity contribution in [3.8, 4) is 0 Å². The highest BCUT2D eigenvalue weighted by molar-refractivity contribution is 6.46. The molecule has 1 atom stereocenters. The van der Waals surface area contributed by atoms with E-state index in [1.807, 2.05) is 6.92 Å². The molecule has 0 spiro atoms. The van der Waals surface area contributed by atoms with Gasteiger partial charge in [0, 0.05) is 17.7 Å². The number of unbranched alkanes of at least 4 members (excludes halogenated alkanes) is 1. The first kappa shape index (κ1) is 17.9. The number of aliphatic hydroxyl groups excluding tert-OH is 1. The topological polar surface area (TPSA) is 57.6 Å². The Balaban J connectivity index is 2.19. The number of amides is 1. The third-order valence-electron chi connectivity index (χ3n) is 4.54. The summed E-state index contributed by atoms with van der Waals surface area (Å²) in [6, 6.07) is 13.6. The van der Waals surface area contributed by atoms with Crippen LogP contribution in [0.3, 0.4) is 0 Å². The third kappa shape index (κ3) is 3.12. The van der Waals surface area contributed by atoms with Crippen LogP contribution in [0.5, 0.6) is 0 Å². The molecule has 2 aromatic rings. The fraction of sp³-hybridized carbons (Fsp3) is 0.238. The highest BCUT2D eigenvalue weighted by Crippen LogP contribution is 2.40. The standard InChI is InChI=1S/C21H20FNO3/c1-2-3-13-23-18(15-11-7-8-12-16(15)22)17(20(25)21(23)26)19(24)14-9-5-4-6-10-14/h4-12,18,24H,2-3,13H2,1H3/t18-/m0/s1. The van der Waals surface area contributed by atoms with Crippen LogP contribution >= 0.6 is 0 Å². The smallest absolute Gasteiger partial charge is 0.295 e. The van der Waals surface area contributed by atoms with Gasteiger partial charge >= 0.3 is 0 Å². The number of Topliss-reactive ketones (excluding diaryl/α,β-unsaturated/α-hetero) is 1. The molecule has 0 aliphatic carbocycles. The lowest BCUT2D eigenvalue weighted by atomic mass is 9.95. The van der Waals surface area contributed by atoms with Crippen molar-refractivity contribution in [3.05, 3.63) is 77.1 Å². The van der Waals surface area contributed by atoms with E-state index in [1.165, 1.54) is 11.0 Å². The summed E-state index contributed by atoms with van der Waals surface area (Å²) in [5.74, 6) is -2.28. The van der Waals surface area contributed by atoms with Gasteiger partial charge in [-0.1, -0.05) is 61.9 Å². The highest BCUT2D eigenvalue weighted by atomic mass is 19.1. The minimum absolute atomic E-state index is 0.0672. The number of carbonyl (C=O) groups is 2. The Morgan fingerprint density at radius 2 is 1.73 bits per heavy atom. The second-order valence-corrected chi connectivity index (χ2v) is 6.23. The molecule has 0 radical (unpaired) electrons. The number of aliphatic hydroxyl groups is 1. The molecule has 0 unspecified atom stereocenters. The van der Waals surface area contributed by atoms with Gasteiger partial charge in [0.2, 0.25) is 0 Å². The Morgan fingerprint density at radius 3 is 2.38 bits per heavy atom. The number of carbonyl (C=O) groups excluding carboxylic acids is 2. The van der Waals surface area contributed by atoms with E-state index in [0.717, 1.165) is 6.42 Å². The lowest BCUT2D eigenvalue weighted by Crippen LogP contribution is -2.31. The van der Waals surface area contributed by atoms with Gasteiger partial charge < -0.3 is 10.0 Å². The van der Waals surface area contributed by atoms with Gasteiger partial charge in [0.25, 0.3) is 11.7 Å². The molecule has 1 amide bonds. The minimum atomic E-state index is -0.928. The van der Waals surface area contributed by atoms with E-state index in [9.17, 15) is 19.1 Å². The van der Waals surface area contributed by atoms with E-state index in [2.05, 4.69) is 0 Å². The molecule has 0 saturated carbocycles. The van der Waals surface area contributed by atoms with E-state index in [0.29, 0.717) is 18.5 Å². The number of likely N-dealkylation sites (tertiary alicyclic amines) is 1. The van der Waals surface area contributed by atoms with Crippen LogP contribution in [0.1, 0.15) is 36.9 Å². The summed E-state index contributed by atoms with van der Waals surface area (Å²) in [7, 11) is 0. The van der Waals surface area contributed by atoms with Crippen LogP contribution in [0, 0.1) is 5.82 Å². The van der Waals surface area contributed by atoms with E-state index in [4.69, 9.17) is 0 Å². The van der Waals surface area contributed by atoms with Gasteiger partial charge in [0.05, 0.1) is 11.6 Å². The largest absolute Gasteiger partial charge is 0.507 e. The van der Waals surface area contributed by atoms with Crippen molar-refractivity contribution in [1.29, 1.82) is 0 Å². The van der Waals surface area contributed by atoms with Crippen LogP contribution in [-0.2, 0) is 9.59 Å². The van der Waals surface area contributed by atoms with Crippen molar-refractivity contribution in [1.82, 2.24) is 4.90 Å². The Bertz CT molecular complexity index is 861. The number of ketones is 1. The maximum Gasteiger partial charge on any atom is 0.295 e. The predicted octanol–water partition coefficient (Wildman–Crippen LogP) is 4.05. The van der Waals surface area contributed by atoms with Crippen LogP contribution in [0.4, 0.5) is 4.39 Å². The van der Waals surface area contributed by atoms with Crippen LogP contribution in [-0.4, -0.2) is 28.2 Å². The summed E-state index contributed by atoms with van der Waals surface area (Å²) in [6.07, 6.45) is 1.51. The Kier molecular flexibility index (Phi) is 5.16. The van der Waals surface area contributed by atoms with E-state index >= 15 is 0 Å². The first-order valence-electron chi connectivity index (χ1n) is 8.64. The molecular formula is C21H20FNO3. The van der Waals surface area contributed by atoms with Crippen molar-refractivity contribution < 1.29 is 19.1 Å². The Labute approximate surface area is 151 Å². The zero-order valence-corrected chi connectivity index (χ0v) is 14.5. The monoisotopic (exact) mass is 353 g/mol. The quantitative estimate of drug-likeness (QED) is 0.501. The highest BCUT2D eigenvalue weighted by Gasteiger charge is 2.46. The second-order valence-electron chi connectivity index (χ2n) is 6.23. The van der Waals surface area contributed by atoms with Gasteiger partial charge in [-0.2, -0.15) is 0 Å². The number of halogens is 1. The lowest BCUT2D eigenvalue weighted by Gasteiger charge is -2.25. The summed E-state index contributed by atoms with van der Waals surface area (Å²) in [6.45, 7) is 2.30. The van der Waals surface area contributed by atoms with Crippen molar-refractivity contribution in [2.75, 3.05) is 6.54 Å². The molecular weight excluding hydrogens is 333 g/mol. The molecule has 26 heavy (non-hydrogen) atoms. The van der Waals surface area contributed by atoms with Crippen LogP contribution in [0.15, 0.2) is 60.2 Å². The van der Waals surface area contributed by atoms with Gasteiger partial charge in [0.1, 0.15) is 11.6 Å². The van der Waals surface area contributed by atoms with Gasteiger partial charge in [0.15, 0.2) is 0 Å². The number of hydrogen-bond acceptors (Lipinski definition) is 3. The Hall–Kier alpha value is -2.95. The Morgan fingerprint density at radius 1 is 1.08 bits per heavy atom. The minimum Gasteiger partial charge on any atom is -0.507 e. The zero-order chi connectivity index (χ0) is 18.7. The fourth-order valence-electron chi connectivity index (χ4n) is 3.21. The molecule has 0 aromatic heterocycles. The molecule has 1 fully saturated rings. The summed E-state index contributed by atoms with van der Waals surface area (Å²) in [5, 5.41) is 10.7. The molecule has 1 saturated heterocycles. The van der Waals surface area contributed by atoms with Gasteiger partial charge in [-0.05, 0) is 12.5 Å². The SMILES string of the molecule is CCCCN1C(=O)C(=O)C(=C(O)c2ccccc2)[C@@H]1c1ccccc1F. The molecule has 1 aliphatic rings. The first-order valence-corrected chi connectivity index (χ1v) is 8.64. The molecule has 1 heterocycles. The molecule has 134 valence electrons. The van der Waals surface area contributed by atoms with Crippen LogP contribution in [0.2, 0.25) is 0 Å². The predicted molar refractivity (Wildman–Crippen MR) is 96.8 cm³/mol. The zero-order valence-electron chi connectivity index (χ0n) is 14.5. The maximum absolute atomic E-state index is 14.5. The fourth-order valence-corrected chi connectivity index (χ4v) is 3.21. The number of rotatable bonds is 5. The van der Waals surface area contributed by atoms with Crippen LogP contribution in [0.25, 0.3) is 5.76 Å². The van der Waals surface area contributed by atoms with E-state index in [1.54, 1.807) is 48.5 Å². The summed E-state index contributed by atoms with van der Waals surface area (Å²) in [5.41, 5.74) is 0.560. The number of hydrogen-bond donors (Lipinski definition) is 1. The number of benzene rings is 2. The third-order valence-corrected chi connectivity index (χ3v) is 4.54. The molecule has 1 N–H and O–H groups in total. The summed E-state index contributed by atoms with van der Waals surface area (Å²) < 4.78 is 14.5.